The van der Waals surface area contributed by atoms with Crippen molar-refractivity contribution < 1.29 is 39.5 Å². The molecule has 0 atom stereocenters. The van der Waals surface area contributed by atoms with Crippen molar-refractivity contribution in [3.8, 4) is 0 Å². The number of allylic oxidation sites excluding steroid dienone is 4. The first-order chi connectivity index (χ1) is 21.3. The van der Waals surface area contributed by atoms with Crippen LogP contribution in [0, 0.1) is 0 Å². The number of hydrogen-bond donors (Lipinski definition) is 0. The van der Waals surface area contributed by atoms with Crippen LogP contribution in [-0.4, -0.2) is 114 Å². The van der Waals surface area contributed by atoms with E-state index in [-0.39, 0.29) is 9.79 Å². The second-order valence-corrected chi connectivity index (χ2v) is 18.6. The van der Waals surface area contributed by atoms with Gasteiger partial charge in [-0.25, -0.2) is 16.8 Å². The van der Waals surface area contributed by atoms with E-state index in [1.54, 1.807) is 12.1 Å². The largest absolute Gasteiger partial charge is 0.744 e. The van der Waals surface area contributed by atoms with E-state index in [0.29, 0.717) is 13.1 Å². The number of nitrogens with zero attached hydrogens (tertiary/aromatic N) is 4. The van der Waals surface area contributed by atoms with E-state index in [1.807, 2.05) is 33.8 Å². The minimum absolute atomic E-state index is 0.238. The third-order valence-corrected chi connectivity index (χ3v) is 10.9. The highest BCUT2D eigenvalue weighted by molar-refractivity contribution is 7.86. The average Bonchev–Trinajstić information content (AvgIpc) is 3.25. The topological polar surface area (TPSA) is 121 Å². The molecule has 0 aromatic heterocycles. The number of benzene rings is 2. The Morgan fingerprint density at radius 3 is 1.85 bits per heavy atom. The van der Waals surface area contributed by atoms with Crippen molar-refractivity contribution in [3.63, 3.8) is 0 Å². The van der Waals surface area contributed by atoms with Crippen LogP contribution in [0.3, 0.4) is 0 Å². The maximum absolute atomic E-state index is 11.9. The summed E-state index contributed by atoms with van der Waals surface area (Å²) in [7, 11) is 3.63. The number of anilines is 1. The van der Waals surface area contributed by atoms with E-state index in [2.05, 4.69) is 63.9 Å². The molecular formula is C35H51N4O6S2+. The molecule has 0 unspecified atom stereocenters. The molecule has 0 N–H and O–H groups in total. The van der Waals surface area contributed by atoms with Crippen molar-refractivity contribution in [1.82, 2.24) is 0 Å². The van der Waals surface area contributed by atoms with Crippen LogP contribution in [0.5, 0.6) is 0 Å². The van der Waals surface area contributed by atoms with Crippen LogP contribution >= 0.6 is 0 Å². The van der Waals surface area contributed by atoms with Gasteiger partial charge in [-0.1, -0.05) is 19.9 Å². The summed E-state index contributed by atoms with van der Waals surface area (Å²) in [5, 5.41) is 0. The quantitative estimate of drug-likeness (QED) is 0.185. The molecule has 2 heterocycles. The first-order valence-corrected chi connectivity index (χ1v) is 18.8. The van der Waals surface area contributed by atoms with Gasteiger partial charge in [-0.2, -0.15) is 4.58 Å². The zero-order valence-corrected chi connectivity index (χ0v) is 31.1. The fourth-order valence-corrected chi connectivity index (χ4v) is 7.73. The van der Waals surface area contributed by atoms with Gasteiger partial charge in [-0.15, -0.1) is 0 Å². The van der Waals surface area contributed by atoms with Gasteiger partial charge in [-0.3, -0.25) is 0 Å². The Morgan fingerprint density at radius 2 is 1.30 bits per heavy atom. The van der Waals surface area contributed by atoms with Crippen LogP contribution < -0.4 is 4.90 Å². The molecule has 0 saturated carbocycles. The summed E-state index contributed by atoms with van der Waals surface area (Å²) in [5.74, 6) is 0. The predicted octanol–water partition coefficient (Wildman–Crippen LogP) is 4.30. The van der Waals surface area contributed by atoms with Gasteiger partial charge in [0.15, 0.2) is 12.3 Å². The van der Waals surface area contributed by atoms with Gasteiger partial charge in [0, 0.05) is 47.5 Å². The Labute approximate surface area is 282 Å². The zero-order valence-electron chi connectivity index (χ0n) is 29.5. The predicted molar refractivity (Wildman–Crippen MR) is 184 cm³/mol. The molecule has 47 heavy (non-hydrogen) atoms. The molecule has 0 radical (unpaired) electrons. The highest BCUT2D eigenvalue weighted by atomic mass is 32.2. The molecule has 0 spiro atoms. The highest BCUT2D eigenvalue weighted by Crippen LogP contribution is 2.49. The standard InChI is InChI=1S/C35H51N4O6S2/c1-34(2)28-24-26(46(40,41)42)16-18-30(28)36(20-12-22-38(5,6)7)32(34)14-11-15-33-35(3,4)29-25-27(47(43,44)45)17-19-31(29)37(33)21-13-23-39(8,9)10/h11,14-19,24-25H,12-13,20-23H2,1-10H3/q+1. The molecule has 2 aromatic carbocycles. The van der Waals surface area contributed by atoms with Crippen molar-refractivity contribution in [3.05, 3.63) is 71.5 Å². The van der Waals surface area contributed by atoms with Gasteiger partial charge in [0.2, 0.25) is 5.69 Å². The van der Waals surface area contributed by atoms with Gasteiger partial charge in [0.25, 0.3) is 0 Å². The maximum Gasteiger partial charge on any atom is 0.209 e. The Hall–Kier alpha value is -2.87. The summed E-state index contributed by atoms with van der Waals surface area (Å²) in [5.41, 5.74) is 4.14. The normalized spacial score (nSPS) is 18.8. The van der Waals surface area contributed by atoms with Crippen LogP contribution in [0.1, 0.15) is 51.7 Å². The Balaban J connectivity index is 1.81. The Bertz CT molecular complexity index is 1860. The van der Waals surface area contributed by atoms with Crippen molar-refractivity contribution >= 4 is 37.3 Å². The molecule has 0 saturated heterocycles. The van der Waals surface area contributed by atoms with Gasteiger partial charge >= 0.3 is 0 Å². The molecule has 2 aliphatic rings. The summed E-state index contributed by atoms with van der Waals surface area (Å²) in [6.07, 6.45) is 7.91. The molecule has 0 bridgehead atoms. The SMILES string of the molecule is CC1(C)C(/C=C/C=C2/N(CCC[N+](C)(C)C)c3ccc(S(=O)(=O)[O-])cc3C2(C)C)=[N+](CCC[N+](C)(C)C)c2ccc(S(=O)(=O)[O-])cc21. The first-order valence-electron chi connectivity index (χ1n) is 16.0. The third-order valence-electron chi connectivity index (χ3n) is 9.23. The second kappa shape index (κ2) is 12.5. The molecule has 10 nitrogen and oxygen atoms in total. The molecule has 0 amide bonds. The van der Waals surface area contributed by atoms with E-state index in [0.717, 1.165) is 68.8 Å². The molecule has 2 aromatic rings. The molecule has 4 rings (SSSR count). The Morgan fingerprint density at radius 1 is 0.766 bits per heavy atom. The smallest absolute Gasteiger partial charge is 0.209 e. The van der Waals surface area contributed by atoms with Crippen molar-refractivity contribution in [1.29, 1.82) is 0 Å². The molecule has 2 aliphatic heterocycles. The van der Waals surface area contributed by atoms with Gasteiger partial charge in [0.1, 0.15) is 20.2 Å². The van der Waals surface area contributed by atoms with Crippen molar-refractivity contribution in [2.45, 2.75) is 61.2 Å². The third kappa shape index (κ3) is 8.06. The van der Waals surface area contributed by atoms with E-state index >= 15 is 0 Å². The lowest BCUT2D eigenvalue weighted by molar-refractivity contribution is -0.871. The van der Waals surface area contributed by atoms with E-state index in [4.69, 9.17) is 0 Å². The first kappa shape index (κ1) is 37.0. The van der Waals surface area contributed by atoms with Crippen molar-refractivity contribution in [2.75, 3.05) is 73.4 Å². The fourth-order valence-electron chi connectivity index (χ4n) is 6.74. The monoisotopic (exact) mass is 687 g/mol. The minimum atomic E-state index is -4.62. The highest BCUT2D eigenvalue weighted by Gasteiger charge is 2.45. The number of quaternary nitrogens is 2. The zero-order chi connectivity index (χ0) is 35.4. The summed E-state index contributed by atoms with van der Waals surface area (Å²) in [6.45, 7) is 11.5. The minimum Gasteiger partial charge on any atom is -0.744 e. The molecule has 258 valence electrons. The van der Waals surface area contributed by atoms with Gasteiger partial charge in [0.05, 0.1) is 77.0 Å². The molecule has 0 aliphatic carbocycles. The van der Waals surface area contributed by atoms with Crippen LogP contribution in [0.15, 0.2) is 70.1 Å². The van der Waals surface area contributed by atoms with Crippen LogP contribution in [-0.2, 0) is 31.1 Å². The number of rotatable bonds is 12. The summed E-state index contributed by atoms with van der Waals surface area (Å²) < 4.78 is 75.5. The Kier molecular flexibility index (Phi) is 9.86. The van der Waals surface area contributed by atoms with Crippen LogP contribution in [0.25, 0.3) is 0 Å². The number of fused-ring (bicyclic) bond motifs is 2. The van der Waals surface area contributed by atoms with E-state index in [9.17, 15) is 25.9 Å². The molecule has 0 fully saturated rings. The van der Waals surface area contributed by atoms with Crippen LogP contribution in [0.4, 0.5) is 11.4 Å². The molecule has 12 heteroatoms. The van der Waals surface area contributed by atoms with Crippen LogP contribution in [0.2, 0.25) is 0 Å². The summed E-state index contributed by atoms with van der Waals surface area (Å²) in [6, 6.07) is 9.28. The lowest BCUT2D eigenvalue weighted by atomic mass is 9.81. The number of hydrogen-bond acceptors (Lipinski definition) is 7. The summed E-state index contributed by atoms with van der Waals surface area (Å²) in [4.78, 5) is 1.75. The van der Waals surface area contributed by atoms with Crippen molar-refractivity contribution in [2.24, 2.45) is 0 Å². The summed E-state index contributed by atoms with van der Waals surface area (Å²) >= 11 is 0. The van der Waals surface area contributed by atoms with Gasteiger partial charge in [-0.05, 0) is 55.8 Å². The average molecular weight is 688 g/mol. The molecular weight excluding hydrogens is 637 g/mol. The lowest BCUT2D eigenvalue weighted by Gasteiger charge is -2.29. The maximum atomic E-state index is 11.9. The van der Waals surface area contributed by atoms with E-state index < -0.39 is 31.1 Å². The second-order valence-electron chi connectivity index (χ2n) is 15.9. The fraction of sp³-hybridized carbons (Fsp3) is 0.514. The van der Waals surface area contributed by atoms with E-state index in [1.165, 1.54) is 24.3 Å². The van der Waals surface area contributed by atoms with Gasteiger partial charge < -0.3 is 23.0 Å². The lowest BCUT2D eigenvalue weighted by Crippen LogP contribution is -2.37.